The van der Waals surface area contributed by atoms with Crippen molar-refractivity contribution in [2.24, 2.45) is 0 Å². The van der Waals surface area contributed by atoms with E-state index in [0.717, 1.165) is 34.9 Å². The molecule has 0 fully saturated rings. The van der Waals surface area contributed by atoms with Crippen LogP contribution in [0.5, 0.6) is 5.75 Å². The highest BCUT2D eigenvalue weighted by Crippen LogP contribution is 2.39. The van der Waals surface area contributed by atoms with Crippen molar-refractivity contribution in [2.45, 2.75) is 26.3 Å². The van der Waals surface area contributed by atoms with Crippen molar-refractivity contribution in [3.63, 3.8) is 0 Å². The van der Waals surface area contributed by atoms with Gasteiger partial charge in [-0.25, -0.2) is 0 Å². The maximum atomic E-state index is 6.40. The molecule has 3 aromatic rings. The summed E-state index contributed by atoms with van der Waals surface area (Å²) >= 11 is 6.40. The third-order valence-electron chi connectivity index (χ3n) is 4.93. The zero-order chi connectivity index (χ0) is 16.8. The lowest BCUT2D eigenvalue weighted by Crippen LogP contribution is -2.30. The maximum absolute atomic E-state index is 6.40. The molecular weight excluding hydrogens is 320 g/mol. The fourth-order valence-corrected chi connectivity index (χ4v) is 3.85. The average Bonchev–Trinajstić information content (AvgIpc) is 2.95. The second kappa shape index (κ2) is 5.83. The number of benzene rings is 2. The predicted octanol–water partition coefficient (Wildman–Crippen LogP) is 4.68. The summed E-state index contributed by atoms with van der Waals surface area (Å²) in [5.41, 5.74) is 7.21. The normalized spacial score (nSPS) is 17.1. The first-order valence-corrected chi connectivity index (χ1v) is 8.65. The van der Waals surface area contributed by atoms with Crippen LogP contribution in [0.25, 0.3) is 10.9 Å². The minimum absolute atomic E-state index is 0.0644. The zero-order valence-corrected chi connectivity index (χ0v) is 14.9. The summed E-state index contributed by atoms with van der Waals surface area (Å²) in [6, 6.07) is 10.7. The molecule has 3 nitrogen and oxygen atoms in total. The Labute approximate surface area is 147 Å². The van der Waals surface area contributed by atoms with Gasteiger partial charge < -0.3 is 15.0 Å². The summed E-state index contributed by atoms with van der Waals surface area (Å²) in [6.45, 7) is 5.08. The van der Waals surface area contributed by atoms with Crippen LogP contribution in [0.2, 0.25) is 5.02 Å². The molecule has 124 valence electrons. The van der Waals surface area contributed by atoms with Gasteiger partial charge in [-0.05, 0) is 55.7 Å². The van der Waals surface area contributed by atoms with Crippen molar-refractivity contribution < 1.29 is 4.74 Å². The Morgan fingerprint density at radius 3 is 2.79 bits per heavy atom. The molecular formula is C20H21ClN2O. The van der Waals surface area contributed by atoms with Gasteiger partial charge in [0, 0.05) is 33.7 Å². The molecule has 24 heavy (non-hydrogen) atoms. The molecule has 4 rings (SSSR count). The van der Waals surface area contributed by atoms with Gasteiger partial charge in [-0.15, -0.1) is 0 Å². The van der Waals surface area contributed by atoms with E-state index in [9.17, 15) is 0 Å². The van der Waals surface area contributed by atoms with E-state index in [4.69, 9.17) is 16.3 Å². The molecule has 0 bridgehead atoms. The zero-order valence-electron chi connectivity index (χ0n) is 14.2. The minimum Gasteiger partial charge on any atom is -0.496 e. The van der Waals surface area contributed by atoms with Gasteiger partial charge >= 0.3 is 0 Å². The molecule has 1 atom stereocenters. The van der Waals surface area contributed by atoms with Gasteiger partial charge in [-0.2, -0.15) is 0 Å². The van der Waals surface area contributed by atoms with Gasteiger partial charge in [-0.3, -0.25) is 0 Å². The van der Waals surface area contributed by atoms with E-state index in [1.807, 2.05) is 19.1 Å². The van der Waals surface area contributed by atoms with Crippen molar-refractivity contribution in [3.05, 3.63) is 63.3 Å². The number of nitrogens with one attached hydrogen (secondary N) is 2. The van der Waals surface area contributed by atoms with E-state index in [1.165, 1.54) is 27.7 Å². The molecule has 2 N–H and O–H groups in total. The van der Waals surface area contributed by atoms with E-state index in [-0.39, 0.29) is 6.04 Å². The van der Waals surface area contributed by atoms with Crippen LogP contribution in [-0.2, 0) is 6.42 Å². The first-order valence-electron chi connectivity index (χ1n) is 8.27. The van der Waals surface area contributed by atoms with Crippen LogP contribution in [0.3, 0.4) is 0 Å². The standard InChI is InChI=1S/C20H21ClN2O/c1-11-4-5-17-14(8-11)13-6-7-22-19(20(13)23-17)15-10-16(21)12(2)9-18(15)24-3/h4-5,8-10,19,22-23H,6-7H2,1-3H3. The number of H-pyrrole nitrogens is 1. The molecule has 0 aliphatic carbocycles. The lowest BCUT2D eigenvalue weighted by Gasteiger charge is -2.26. The number of hydrogen-bond donors (Lipinski definition) is 2. The number of ether oxygens (including phenoxy) is 1. The summed E-state index contributed by atoms with van der Waals surface area (Å²) in [5, 5.41) is 5.72. The van der Waals surface area contributed by atoms with E-state index in [2.05, 4.69) is 35.4 Å². The van der Waals surface area contributed by atoms with Gasteiger partial charge in [0.15, 0.2) is 0 Å². The molecule has 0 saturated carbocycles. The number of fused-ring (bicyclic) bond motifs is 3. The SMILES string of the molecule is COc1cc(C)c(Cl)cc1C1NCCc2c1[nH]c1ccc(C)cc21. The summed E-state index contributed by atoms with van der Waals surface area (Å²) in [7, 11) is 1.71. The van der Waals surface area contributed by atoms with Crippen LogP contribution in [-0.4, -0.2) is 18.6 Å². The minimum atomic E-state index is 0.0644. The number of halogens is 1. The Bertz CT molecular complexity index is 929. The van der Waals surface area contributed by atoms with E-state index >= 15 is 0 Å². The predicted molar refractivity (Wildman–Crippen MR) is 99.3 cm³/mol. The van der Waals surface area contributed by atoms with Gasteiger partial charge in [0.05, 0.1) is 13.2 Å². The van der Waals surface area contributed by atoms with Crippen LogP contribution in [0.15, 0.2) is 30.3 Å². The second-order valence-electron chi connectivity index (χ2n) is 6.55. The fourth-order valence-electron chi connectivity index (χ4n) is 3.68. The number of aromatic nitrogens is 1. The van der Waals surface area contributed by atoms with Crippen molar-refractivity contribution in [1.82, 2.24) is 10.3 Å². The lowest BCUT2D eigenvalue weighted by molar-refractivity contribution is 0.401. The largest absolute Gasteiger partial charge is 0.496 e. The van der Waals surface area contributed by atoms with Crippen molar-refractivity contribution in [1.29, 1.82) is 0 Å². The van der Waals surface area contributed by atoms with Crippen LogP contribution in [0.4, 0.5) is 0 Å². The smallest absolute Gasteiger partial charge is 0.124 e. The molecule has 2 aromatic carbocycles. The Balaban J connectivity index is 1.91. The molecule has 0 amide bonds. The maximum Gasteiger partial charge on any atom is 0.124 e. The van der Waals surface area contributed by atoms with Crippen molar-refractivity contribution in [2.75, 3.05) is 13.7 Å². The Morgan fingerprint density at radius 1 is 1.17 bits per heavy atom. The Morgan fingerprint density at radius 2 is 2.00 bits per heavy atom. The number of methoxy groups -OCH3 is 1. The van der Waals surface area contributed by atoms with Crippen LogP contribution in [0, 0.1) is 13.8 Å². The van der Waals surface area contributed by atoms with Gasteiger partial charge in [0.25, 0.3) is 0 Å². The van der Waals surface area contributed by atoms with Gasteiger partial charge in [-0.1, -0.05) is 23.2 Å². The fraction of sp³-hybridized carbons (Fsp3) is 0.300. The van der Waals surface area contributed by atoms with Crippen molar-refractivity contribution >= 4 is 22.5 Å². The van der Waals surface area contributed by atoms with Crippen LogP contribution >= 0.6 is 11.6 Å². The Kier molecular flexibility index (Phi) is 3.78. The summed E-state index contributed by atoms with van der Waals surface area (Å²) in [6.07, 6.45) is 1.02. The molecule has 1 aromatic heterocycles. The highest BCUT2D eigenvalue weighted by Gasteiger charge is 2.27. The third kappa shape index (κ3) is 2.40. The summed E-state index contributed by atoms with van der Waals surface area (Å²) in [4.78, 5) is 3.62. The molecule has 0 saturated heterocycles. The van der Waals surface area contributed by atoms with Gasteiger partial charge in [0.1, 0.15) is 5.75 Å². The van der Waals surface area contributed by atoms with Crippen molar-refractivity contribution in [3.8, 4) is 5.75 Å². The van der Waals surface area contributed by atoms with Crippen LogP contribution in [0.1, 0.15) is 34.0 Å². The summed E-state index contributed by atoms with van der Waals surface area (Å²) in [5.74, 6) is 0.872. The van der Waals surface area contributed by atoms with E-state index < -0.39 is 0 Å². The number of hydrogen-bond acceptors (Lipinski definition) is 2. The van der Waals surface area contributed by atoms with E-state index in [0.29, 0.717) is 0 Å². The number of aryl methyl sites for hydroxylation is 2. The van der Waals surface area contributed by atoms with Crippen LogP contribution < -0.4 is 10.1 Å². The molecule has 1 unspecified atom stereocenters. The first kappa shape index (κ1) is 15.6. The molecule has 2 heterocycles. The topological polar surface area (TPSA) is 37.0 Å². The molecule has 1 aliphatic rings. The highest BCUT2D eigenvalue weighted by atomic mass is 35.5. The Hall–Kier alpha value is -1.97. The third-order valence-corrected chi connectivity index (χ3v) is 5.34. The molecule has 0 spiro atoms. The lowest BCUT2D eigenvalue weighted by atomic mass is 9.93. The quantitative estimate of drug-likeness (QED) is 0.710. The second-order valence-corrected chi connectivity index (χ2v) is 6.95. The number of rotatable bonds is 2. The van der Waals surface area contributed by atoms with Gasteiger partial charge in [0.2, 0.25) is 0 Å². The monoisotopic (exact) mass is 340 g/mol. The van der Waals surface area contributed by atoms with E-state index in [1.54, 1.807) is 7.11 Å². The molecule has 0 radical (unpaired) electrons. The summed E-state index contributed by atoms with van der Waals surface area (Å²) < 4.78 is 5.63. The molecule has 1 aliphatic heterocycles. The first-order chi connectivity index (χ1) is 11.6. The number of aromatic amines is 1. The average molecular weight is 341 g/mol. The molecule has 4 heteroatoms. The highest BCUT2D eigenvalue weighted by molar-refractivity contribution is 6.31.